The van der Waals surface area contributed by atoms with Crippen molar-refractivity contribution in [3.05, 3.63) is 36.4 Å². The molecule has 0 atom stereocenters. The number of nitrogens with zero attached hydrogens (tertiary/aromatic N) is 4. The summed E-state index contributed by atoms with van der Waals surface area (Å²) in [6.07, 6.45) is 6.92. The van der Waals surface area contributed by atoms with Crippen molar-refractivity contribution >= 4 is 6.21 Å². The average molecular weight is 288 g/mol. The van der Waals surface area contributed by atoms with E-state index in [0.29, 0.717) is 13.2 Å². The Bertz CT molecular complexity index is 567. The standard InChI is InChI=1S/C15H20N4O2/c1-3-5-8-21-14-7-6-13(9-15(14)20-4-2)10-18-19-11-16-17-12-19/h6-7,9-12H,3-5,8H2,1-2H3. The monoisotopic (exact) mass is 288 g/mol. The molecule has 0 bridgehead atoms. The van der Waals surface area contributed by atoms with Gasteiger partial charge in [0.25, 0.3) is 0 Å². The molecule has 0 unspecified atom stereocenters. The van der Waals surface area contributed by atoms with Gasteiger partial charge < -0.3 is 9.47 Å². The maximum absolute atomic E-state index is 5.74. The van der Waals surface area contributed by atoms with Gasteiger partial charge in [0.15, 0.2) is 11.5 Å². The van der Waals surface area contributed by atoms with Crippen molar-refractivity contribution in [2.75, 3.05) is 13.2 Å². The summed E-state index contributed by atoms with van der Waals surface area (Å²) in [5, 5.41) is 11.6. The highest BCUT2D eigenvalue weighted by Gasteiger charge is 2.05. The van der Waals surface area contributed by atoms with Gasteiger partial charge in [-0.05, 0) is 37.1 Å². The Morgan fingerprint density at radius 1 is 1.14 bits per heavy atom. The molecule has 0 saturated carbocycles. The quantitative estimate of drug-likeness (QED) is 0.553. The van der Waals surface area contributed by atoms with Crippen molar-refractivity contribution in [2.45, 2.75) is 26.7 Å². The molecule has 2 aromatic rings. The van der Waals surface area contributed by atoms with Gasteiger partial charge in [-0.15, -0.1) is 10.2 Å². The molecule has 0 N–H and O–H groups in total. The summed E-state index contributed by atoms with van der Waals surface area (Å²) < 4.78 is 12.9. The fourth-order valence-corrected chi connectivity index (χ4v) is 1.71. The molecule has 0 fully saturated rings. The highest BCUT2D eigenvalue weighted by Crippen LogP contribution is 2.28. The van der Waals surface area contributed by atoms with Gasteiger partial charge in [-0.2, -0.15) is 5.10 Å². The van der Waals surface area contributed by atoms with E-state index in [1.54, 1.807) is 6.21 Å². The van der Waals surface area contributed by atoms with Crippen LogP contribution in [0, 0.1) is 0 Å². The first kappa shape index (κ1) is 15.0. The van der Waals surface area contributed by atoms with Crippen molar-refractivity contribution in [2.24, 2.45) is 5.10 Å². The Kier molecular flexibility index (Phi) is 5.75. The van der Waals surface area contributed by atoms with Crippen LogP contribution in [0.3, 0.4) is 0 Å². The summed E-state index contributed by atoms with van der Waals surface area (Å²) in [6.45, 7) is 5.38. The van der Waals surface area contributed by atoms with E-state index in [1.165, 1.54) is 17.3 Å². The molecule has 1 aromatic heterocycles. The van der Waals surface area contributed by atoms with Crippen molar-refractivity contribution < 1.29 is 9.47 Å². The Hall–Kier alpha value is -2.37. The van der Waals surface area contributed by atoms with E-state index in [4.69, 9.17) is 9.47 Å². The number of unbranched alkanes of at least 4 members (excludes halogenated alkanes) is 1. The van der Waals surface area contributed by atoms with E-state index in [2.05, 4.69) is 22.2 Å². The predicted molar refractivity (Wildman–Crippen MR) is 81.0 cm³/mol. The van der Waals surface area contributed by atoms with E-state index in [1.807, 2.05) is 25.1 Å². The molecule has 6 heteroatoms. The van der Waals surface area contributed by atoms with Crippen LogP contribution in [0.1, 0.15) is 32.3 Å². The second-order valence-corrected chi connectivity index (χ2v) is 4.43. The molecule has 0 aliphatic heterocycles. The van der Waals surface area contributed by atoms with Crippen molar-refractivity contribution in [3.8, 4) is 11.5 Å². The van der Waals surface area contributed by atoms with Crippen molar-refractivity contribution in [1.82, 2.24) is 14.9 Å². The van der Waals surface area contributed by atoms with Gasteiger partial charge >= 0.3 is 0 Å². The lowest BCUT2D eigenvalue weighted by Gasteiger charge is -2.12. The van der Waals surface area contributed by atoms with Gasteiger partial charge in [0, 0.05) is 0 Å². The van der Waals surface area contributed by atoms with Gasteiger partial charge in [0.2, 0.25) is 0 Å². The van der Waals surface area contributed by atoms with E-state index >= 15 is 0 Å². The second kappa shape index (κ2) is 8.04. The topological polar surface area (TPSA) is 61.5 Å². The summed E-state index contributed by atoms with van der Waals surface area (Å²) in [6, 6.07) is 5.77. The minimum atomic E-state index is 0.593. The van der Waals surface area contributed by atoms with Crippen LogP contribution in [0.5, 0.6) is 11.5 Å². The molecule has 0 spiro atoms. The van der Waals surface area contributed by atoms with Crippen molar-refractivity contribution in [3.63, 3.8) is 0 Å². The molecule has 0 amide bonds. The zero-order chi connectivity index (χ0) is 14.9. The molecular formula is C15H20N4O2. The Balaban J connectivity index is 2.11. The Morgan fingerprint density at radius 3 is 2.67 bits per heavy atom. The number of hydrogen-bond acceptors (Lipinski definition) is 5. The van der Waals surface area contributed by atoms with Crippen molar-refractivity contribution in [1.29, 1.82) is 0 Å². The molecule has 1 heterocycles. The fraction of sp³-hybridized carbons (Fsp3) is 0.400. The third-order valence-corrected chi connectivity index (χ3v) is 2.77. The average Bonchev–Trinajstić information content (AvgIpc) is 3.01. The zero-order valence-electron chi connectivity index (χ0n) is 12.4. The number of ether oxygens (including phenoxy) is 2. The van der Waals surface area contributed by atoms with Crippen LogP contribution in [0.2, 0.25) is 0 Å². The Labute approximate surface area is 124 Å². The Morgan fingerprint density at radius 2 is 1.95 bits per heavy atom. The highest BCUT2D eigenvalue weighted by molar-refractivity contribution is 5.80. The molecule has 0 aliphatic rings. The van der Waals surface area contributed by atoms with E-state index in [-0.39, 0.29) is 0 Å². The summed E-state index contributed by atoms with van der Waals surface area (Å²) in [5.41, 5.74) is 0.926. The predicted octanol–water partition coefficient (Wildman–Crippen LogP) is 2.74. The maximum atomic E-state index is 5.74. The fourth-order valence-electron chi connectivity index (χ4n) is 1.71. The molecule has 0 aliphatic carbocycles. The van der Waals surface area contributed by atoms with E-state index in [0.717, 1.165) is 29.9 Å². The SMILES string of the molecule is CCCCOc1ccc(C=Nn2cnnc2)cc1OCC. The molecule has 6 nitrogen and oxygen atoms in total. The number of benzene rings is 1. The number of aromatic nitrogens is 3. The third-order valence-electron chi connectivity index (χ3n) is 2.77. The van der Waals surface area contributed by atoms with Gasteiger partial charge in [0.1, 0.15) is 12.7 Å². The summed E-state index contributed by atoms with van der Waals surface area (Å²) in [7, 11) is 0. The molecule has 1 aromatic carbocycles. The molecule has 112 valence electrons. The second-order valence-electron chi connectivity index (χ2n) is 4.43. The van der Waals surface area contributed by atoms with E-state index < -0.39 is 0 Å². The minimum absolute atomic E-state index is 0.593. The largest absolute Gasteiger partial charge is 0.490 e. The first-order valence-corrected chi connectivity index (χ1v) is 7.12. The smallest absolute Gasteiger partial charge is 0.161 e. The summed E-state index contributed by atoms with van der Waals surface area (Å²) >= 11 is 0. The summed E-state index contributed by atoms with van der Waals surface area (Å²) in [4.78, 5) is 0. The maximum Gasteiger partial charge on any atom is 0.161 e. The van der Waals surface area contributed by atoms with Crippen LogP contribution in [-0.4, -0.2) is 34.3 Å². The van der Waals surface area contributed by atoms with E-state index in [9.17, 15) is 0 Å². The van der Waals surface area contributed by atoms with Crippen LogP contribution in [0.15, 0.2) is 36.0 Å². The molecule has 0 radical (unpaired) electrons. The number of hydrogen-bond donors (Lipinski definition) is 0. The summed E-state index contributed by atoms with van der Waals surface area (Å²) in [5.74, 6) is 1.51. The number of rotatable bonds is 8. The third kappa shape index (κ3) is 4.59. The normalized spacial score (nSPS) is 11.0. The first-order chi connectivity index (χ1) is 10.3. The van der Waals surface area contributed by atoms with Crippen LogP contribution in [0.25, 0.3) is 0 Å². The minimum Gasteiger partial charge on any atom is -0.490 e. The zero-order valence-corrected chi connectivity index (χ0v) is 12.4. The molecular weight excluding hydrogens is 268 g/mol. The lowest BCUT2D eigenvalue weighted by atomic mass is 10.2. The van der Waals surface area contributed by atoms with Gasteiger partial charge in [-0.3, -0.25) is 0 Å². The molecule has 0 saturated heterocycles. The lowest BCUT2D eigenvalue weighted by Crippen LogP contribution is -2.01. The molecule has 21 heavy (non-hydrogen) atoms. The highest BCUT2D eigenvalue weighted by atomic mass is 16.5. The van der Waals surface area contributed by atoms with Crippen LogP contribution in [0.4, 0.5) is 0 Å². The van der Waals surface area contributed by atoms with Gasteiger partial charge in [-0.1, -0.05) is 13.3 Å². The van der Waals surface area contributed by atoms with Crippen LogP contribution < -0.4 is 9.47 Å². The van der Waals surface area contributed by atoms with Gasteiger partial charge in [-0.25, -0.2) is 4.68 Å². The first-order valence-electron chi connectivity index (χ1n) is 7.12. The van der Waals surface area contributed by atoms with Gasteiger partial charge in [0.05, 0.1) is 19.4 Å². The van der Waals surface area contributed by atoms with Crippen LogP contribution in [-0.2, 0) is 0 Å². The molecule has 2 rings (SSSR count). The van der Waals surface area contributed by atoms with Crippen LogP contribution >= 0.6 is 0 Å². The lowest BCUT2D eigenvalue weighted by molar-refractivity contribution is 0.272.